The molecule has 0 heterocycles. The van der Waals surface area contributed by atoms with Crippen molar-refractivity contribution in [3.8, 4) is 5.75 Å². The highest BCUT2D eigenvalue weighted by molar-refractivity contribution is 5.81. The van der Waals surface area contributed by atoms with E-state index in [1.807, 2.05) is 92.7 Å². The van der Waals surface area contributed by atoms with Crippen molar-refractivity contribution in [3.05, 3.63) is 101 Å². The Bertz CT molecular complexity index is 851. The Morgan fingerprint density at radius 2 is 1.37 bits per heavy atom. The Morgan fingerprint density at radius 1 is 0.815 bits per heavy atom. The third kappa shape index (κ3) is 4.56. The first-order valence-corrected chi connectivity index (χ1v) is 9.19. The van der Waals surface area contributed by atoms with E-state index in [1.54, 1.807) is 6.92 Å². The van der Waals surface area contributed by atoms with Crippen LogP contribution in [0.4, 0.5) is 0 Å². The first kappa shape index (κ1) is 18.7. The molecule has 0 fully saturated rings. The van der Waals surface area contributed by atoms with Crippen LogP contribution >= 0.6 is 0 Å². The maximum absolute atomic E-state index is 12.9. The molecule has 0 unspecified atom stereocenters. The minimum Gasteiger partial charge on any atom is -0.481 e. The third-order valence-corrected chi connectivity index (χ3v) is 4.78. The van der Waals surface area contributed by atoms with E-state index >= 15 is 0 Å². The lowest BCUT2D eigenvalue weighted by Gasteiger charge is -2.23. The molecule has 3 aromatic carbocycles. The van der Waals surface area contributed by atoms with Gasteiger partial charge < -0.3 is 10.1 Å². The predicted molar refractivity (Wildman–Crippen MR) is 109 cm³/mol. The number of hydrogen-bond acceptors (Lipinski definition) is 2. The van der Waals surface area contributed by atoms with E-state index in [0.29, 0.717) is 0 Å². The minimum absolute atomic E-state index is 0.145. The molecule has 0 bridgehead atoms. The van der Waals surface area contributed by atoms with Crippen molar-refractivity contribution in [1.29, 1.82) is 0 Å². The molecule has 27 heavy (non-hydrogen) atoms. The van der Waals surface area contributed by atoms with Gasteiger partial charge in [0, 0.05) is 0 Å². The highest BCUT2D eigenvalue weighted by Crippen LogP contribution is 2.24. The van der Waals surface area contributed by atoms with E-state index in [4.69, 9.17) is 4.74 Å². The summed E-state index contributed by atoms with van der Waals surface area (Å²) in [7, 11) is 0. The molecule has 0 aliphatic heterocycles. The molecule has 138 valence electrons. The van der Waals surface area contributed by atoms with E-state index in [0.717, 1.165) is 28.0 Å². The zero-order chi connectivity index (χ0) is 19.2. The number of benzene rings is 3. The largest absolute Gasteiger partial charge is 0.481 e. The van der Waals surface area contributed by atoms with E-state index < -0.39 is 6.10 Å². The van der Waals surface area contributed by atoms with Crippen LogP contribution in [0.25, 0.3) is 0 Å². The molecule has 3 nitrogen and oxygen atoms in total. The van der Waals surface area contributed by atoms with Gasteiger partial charge in [-0.3, -0.25) is 4.79 Å². The Morgan fingerprint density at radius 3 is 1.93 bits per heavy atom. The molecule has 3 rings (SSSR count). The van der Waals surface area contributed by atoms with Gasteiger partial charge in [-0.2, -0.15) is 0 Å². The Kier molecular flexibility index (Phi) is 5.92. The average Bonchev–Trinajstić information content (AvgIpc) is 2.70. The normalized spacial score (nSPS) is 11.9. The van der Waals surface area contributed by atoms with E-state index in [9.17, 15) is 4.79 Å². The van der Waals surface area contributed by atoms with Crippen molar-refractivity contribution in [1.82, 2.24) is 5.32 Å². The second-order valence-corrected chi connectivity index (χ2v) is 6.72. The summed E-state index contributed by atoms with van der Waals surface area (Å²) in [6, 6.07) is 25.6. The Hall–Kier alpha value is -3.07. The van der Waals surface area contributed by atoms with Crippen LogP contribution in [0.5, 0.6) is 5.75 Å². The van der Waals surface area contributed by atoms with Crippen LogP contribution in [0.15, 0.2) is 78.9 Å². The topological polar surface area (TPSA) is 38.3 Å². The zero-order valence-corrected chi connectivity index (χ0v) is 16.0. The Balaban J connectivity index is 1.79. The molecular weight excluding hydrogens is 334 g/mol. The summed E-state index contributed by atoms with van der Waals surface area (Å²) in [5.41, 5.74) is 4.28. The maximum atomic E-state index is 12.9. The number of aryl methyl sites for hydroxylation is 1. The zero-order valence-electron chi connectivity index (χ0n) is 16.0. The number of hydrogen-bond donors (Lipinski definition) is 1. The first-order chi connectivity index (χ1) is 13.1. The first-order valence-electron chi connectivity index (χ1n) is 9.19. The van der Waals surface area contributed by atoms with E-state index in [-0.39, 0.29) is 11.9 Å². The molecule has 1 amide bonds. The van der Waals surface area contributed by atoms with Crippen LogP contribution in [-0.2, 0) is 4.79 Å². The highest BCUT2D eigenvalue weighted by Gasteiger charge is 2.22. The van der Waals surface area contributed by atoms with Gasteiger partial charge in [0.1, 0.15) is 5.75 Å². The molecule has 3 heteroatoms. The maximum Gasteiger partial charge on any atom is 0.261 e. The molecule has 0 saturated carbocycles. The van der Waals surface area contributed by atoms with Gasteiger partial charge in [-0.15, -0.1) is 0 Å². The molecule has 1 atom stereocenters. The molecule has 0 saturated heterocycles. The molecule has 1 N–H and O–H groups in total. The highest BCUT2D eigenvalue weighted by atomic mass is 16.5. The van der Waals surface area contributed by atoms with Crippen molar-refractivity contribution in [2.24, 2.45) is 0 Å². The molecule has 0 aliphatic rings. The molecule has 0 spiro atoms. The van der Waals surface area contributed by atoms with Gasteiger partial charge in [0.15, 0.2) is 6.10 Å². The molecule has 3 aromatic rings. The summed E-state index contributed by atoms with van der Waals surface area (Å²) < 4.78 is 5.95. The number of carbonyl (C=O) groups excluding carboxylic acids is 1. The number of nitrogens with one attached hydrogen (secondary N) is 1. The van der Waals surface area contributed by atoms with Crippen LogP contribution in [-0.4, -0.2) is 12.0 Å². The van der Waals surface area contributed by atoms with Crippen LogP contribution in [0.2, 0.25) is 0 Å². The molecule has 0 aliphatic carbocycles. The summed E-state index contributed by atoms with van der Waals surface area (Å²) in [5.74, 6) is 0.599. The standard InChI is InChI=1S/C24H25NO2/c1-17-11-10-16-22(18(17)2)27-19(3)24(26)25-23(20-12-6-4-7-13-20)21-14-8-5-9-15-21/h4-16,19,23H,1-3H3,(H,25,26)/t19-/m1/s1. The quantitative estimate of drug-likeness (QED) is 0.674. The lowest BCUT2D eigenvalue weighted by molar-refractivity contribution is -0.127. The van der Waals surface area contributed by atoms with Crippen LogP contribution in [0, 0.1) is 13.8 Å². The van der Waals surface area contributed by atoms with Gasteiger partial charge in [-0.1, -0.05) is 72.8 Å². The lowest BCUT2D eigenvalue weighted by atomic mass is 9.98. The summed E-state index contributed by atoms with van der Waals surface area (Å²) in [4.78, 5) is 12.9. The van der Waals surface area contributed by atoms with Gasteiger partial charge in [-0.25, -0.2) is 0 Å². The van der Waals surface area contributed by atoms with Crippen LogP contribution in [0.1, 0.15) is 35.2 Å². The average molecular weight is 359 g/mol. The van der Waals surface area contributed by atoms with Crippen LogP contribution < -0.4 is 10.1 Å². The summed E-state index contributed by atoms with van der Waals surface area (Å²) in [6.07, 6.45) is -0.597. The molecular formula is C24H25NO2. The van der Waals surface area contributed by atoms with Crippen molar-refractivity contribution in [2.45, 2.75) is 32.9 Å². The van der Waals surface area contributed by atoms with Gasteiger partial charge >= 0.3 is 0 Å². The number of carbonyl (C=O) groups is 1. The summed E-state index contributed by atoms with van der Waals surface area (Å²) >= 11 is 0. The van der Waals surface area contributed by atoms with Gasteiger partial charge in [0.05, 0.1) is 6.04 Å². The summed E-state index contributed by atoms with van der Waals surface area (Å²) in [6.45, 7) is 5.82. The van der Waals surface area contributed by atoms with Crippen molar-refractivity contribution < 1.29 is 9.53 Å². The van der Waals surface area contributed by atoms with Crippen molar-refractivity contribution >= 4 is 5.91 Å². The smallest absolute Gasteiger partial charge is 0.261 e. The van der Waals surface area contributed by atoms with Crippen molar-refractivity contribution in [2.75, 3.05) is 0 Å². The number of rotatable bonds is 6. The third-order valence-electron chi connectivity index (χ3n) is 4.78. The van der Waals surface area contributed by atoms with Crippen LogP contribution in [0.3, 0.4) is 0 Å². The minimum atomic E-state index is -0.597. The summed E-state index contributed by atoms with van der Waals surface area (Å²) in [5, 5.41) is 3.14. The number of amides is 1. The lowest BCUT2D eigenvalue weighted by Crippen LogP contribution is -2.39. The fraction of sp³-hybridized carbons (Fsp3) is 0.208. The predicted octanol–water partition coefficient (Wildman–Crippen LogP) is 4.98. The fourth-order valence-corrected chi connectivity index (χ4v) is 3.01. The van der Waals surface area contributed by atoms with E-state index in [2.05, 4.69) is 5.32 Å². The SMILES string of the molecule is Cc1cccc(O[C@H](C)C(=O)NC(c2ccccc2)c2ccccc2)c1C. The van der Waals surface area contributed by atoms with Gasteiger partial charge in [0.25, 0.3) is 5.91 Å². The second-order valence-electron chi connectivity index (χ2n) is 6.72. The van der Waals surface area contributed by atoms with Gasteiger partial charge in [-0.05, 0) is 49.1 Å². The fourth-order valence-electron chi connectivity index (χ4n) is 3.01. The Labute approximate surface area is 161 Å². The molecule has 0 radical (unpaired) electrons. The van der Waals surface area contributed by atoms with E-state index in [1.165, 1.54) is 0 Å². The van der Waals surface area contributed by atoms with Crippen molar-refractivity contribution in [3.63, 3.8) is 0 Å². The van der Waals surface area contributed by atoms with Gasteiger partial charge in [0.2, 0.25) is 0 Å². The monoisotopic (exact) mass is 359 g/mol. The number of ether oxygens (including phenoxy) is 1. The second kappa shape index (κ2) is 8.54. The molecule has 0 aromatic heterocycles.